The average molecular weight is 315 g/mol. The van der Waals surface area contributed by atoms with Crippen LogP contribution in [0.1, 0.15) is 31.9 Å². The number of carbonyl (C=O) groups excluding carboxylic acids is 1. The third kappa shape index (κ3) is 4.66. The summed E-state index contributed by atoms with van der Waals surface area (Å²) < 4.78 is 1.01. The minimum atomic E-state index is -0.258. The second kappa shape index (κ2) is 7.38. The fourth-order valence-corrected chi connectivity index (χ4v) is 1.85. The smallest absolute Gasteiger partial charge is 0.315 e. The number of halogens is 1. The Morgan fingerprint density at radius 3 is 2.44 bits per heavy atom. The van der Waals surface area contributed by atoms with Gasteiger partial charge in [0.05, 0.1) is 18.7 Å². The van der Waals surface area contributed by atoms with Crippen molar-refractivity contribution in [2.75, 3.05) is 6.61 Å². The second-order valence-corrected chi connectivity index (χ2v) is 5.13. The molecular formula is C13H19BrN2O2. The molecule has 0 saturated carbocycles. The van der Waals surface area contributed by atoms with Crippen LogP contribution in [-0.2, 0) is 0 Å². The highest BCUT2D eigenvalue weighted by Gasteiger charge is 2.13. The van der Waals surface area contributed by atoms with E-state index in [0.717, 1.165) is 16.5 Å². The third-order valence-corrected chi connectivity index (χ3v) is 3.17. The summed E-state index contributed by atoms with van der Waals surface area (Å²) in [5.74, 6) is 0. The largest absolute Gasteiger partial charge is 0.394 e. The van der Waals surface area contributed by atoms with Gasteiger partial charge in [0.2, 0.25) is 0 Å². The van der Waals surface area contributed by atoms with Gasteiger partial charge in [-0.05, 0) is 31.0 Å². The number of hydrogen-bond donors (Lipinski definition) is 3. The first-order valence-electron chi connectivity index (χ1n) is 6.00. The fraction of sp³-hybridized carbons (Fsp3) is 0.462. The van der Waals surface area contributed by atoms with Crippen molar-refractivity contribution in [2.45, 2.75) is 32.4 Å². The lowest BCUT2D eigenvalue weighted by atomic mass is 10.1. The molecule has 4 nitrogen and oxygen atoms in total. The molecule has 0 spiro atoms. The molecule has 0 saturated heterocycles. The van der Waals surface area contributed by atoms with E-state index in [1.54, 1.807) is 6.92 Å². The van der Waals surface area contributed by atoms with Crippen molar-refractivity contribution in [1.82, 2.24) is 10.6 Å². The molecule has 0 aliphatic rings. The van der Waals surface area contributed by atoms with Gasteiger partial charge in [-0.15, -0.1) is 0 Å². The maximum absolute atomic E-state index is 11.7. The first-order valence-corrected chi connectivity index (χ1v) is 6.79. The minimum Gasteiger partial charge on any atom is -0.394 e. The van der Waals surface area contributed by atoms with E-state index in [2.05, 4.69) is 26.6 Å². The van der Waals surface area contributed by atoms with Gasteiger partial charge in [-0.2, -0.15) is 0 Å². The van der Waals surface area contributed by atoms with Gasteiger partial charge < -0.3 is 15.7 Å². The summed E-state index contributed by atoms with van der Waals surface area (Å²) in [5.41, 5.74) is 1.06. The lowest BCUT2D eigenvalue weighted by molar-refractivity contribution is 0.217. The van der Waals surface area contributed by atoms with Crippen molar-refractivity contribution in [2.24, 2.45) is 0 Å². The van der Waals surface area contributed by atoms with Crippen LogP contribution in [0.4, 0.5) is 4.79 Å². The van der Waals surface area contributed by atoms with E-state index in [9.17, 15) is 4.79 Å². The molecule has 2 unspecified atom stereocenters. The Bertz CT molecular complexity index is 381. The number of benzene rings is 1. The quantitative estimate of drug-likeness (QED) is 0.782. The predicted octanol–water partition coefficient (Wildman–Crippen LogP) is 2.58. The average Bonchev–Trinajstić information content (AvgIpc) is 2.37. The van der Waals surface area contributed by atoms with Crippen LogP contribution in [0.3, 0.4) is 0 Å². The molecule has 1 aromatic rings. The van der Waals surface area contributed by atoms with Crippen molar-refractivity contribution in [3.8, 4) is 0 Å². The van der Waals surface area contributed by atoms with Gasteiger partial charge >= 0.3 is 6.03 Å². The highest BCUT2D eigenvalue weighted by molar-refractivity contribution is 9.10. The molecule has 0 radical (unpaired) electrons. The summed E-state index contributed by atoms with van der Waals surface area (Å²) in [6, 6.07) is 7.34. The molecule has 1 rings (SSSR count). The Morgan fingerprint density at radius 1 is 1.33 bits per heavy atom. The first kappa shape index (κ1) is 15.0. The van der Waals surface area contributed by atoms with Gasteiger partial charge in [0, 0.05) is 4.47 Å². The number of urea groups is 1. The zero-order chi connectivity index (χ0) is 13.5. The lowest BCUT2D eigenvalue weighted by Gasteiger charge is -2.19. The van der Waals surface area contributed by atoms with Crippen LogP contribution in [0.5, 0.6) is 0 Å². The number of amides is 2. The molecule has 0 aliphatic carbocycles. The molecule has 1 aromatic carbocycles. The summed E-state index contributed by atoms with van der Waals surface area (Å²) >= 11 is 3.38. The van der Waals surface area contributed by atoms with E-state index < -0.39 is 0 Å². The Morgan fingerprint density at radius 2 is 1.94 bits per heavy atom. The molecular weight excluding hydrogens is 296 g/mol. The van der Waals surface area contributed by atoms with E-state index in [4.69, 9.17) is 5.11 Å². The summed E-state index contributed by atoms with van der Waals surface area (Å²) in [7, 11) is 0. The van der Waals surface area contributed by atoms with Crippen LogP contribution in [0.2, 0.25) is 0 Å². The molecule has 3 N–H and O–H groups in total. The van der Waals surface area contributed by atoms with Crippen LogP contribution >= 0.6 is 15.9 Å². The Labute approximate surface area is 116 Å². The Kier molecular flexibility index (Phi) is 6.15. The molecule has 100 valence electrons. The van der Waals surface area contributed by atoms with Crippen LogP contribution in [-0.4, -0.2) is 23.8 Å². The predicted molar refractivity (Wildman–Crippen MR) is 75.4 cm³/mol. The van der Waals surface area contributed by atoms with E-state index >= 15 is 0 Å². The molecule has 5 heteroatoms. The SMILES string of the molecule is CCC(NC(=O)NC(C)CO)c1ccc(Br)cc1. The topological polar surface area (TPSA) is 61.4 Å². The number of aliphatic hydroxyl groups is 1. The lowest BCUT2D eigenvalue weighted by Crippen LogP contribution is -2.43. The van der Waals surface area contributed by atoms with Crippen molar-refractivity contribution < 1.29 is 9.90 Å². The van der Waals surface area contributed by atoms with Crippen molar-refractivity contribution in [3.63, 3.8) is 0 Å². The Hall–Kier alpha value is -1.07. The molecule has 0 bridgehead atoms. The molecule has 2 atom stereocenters. The zero-order valence-corrected chi connectivity index (χ0v) is 12.2. The van der Waals surface area contributed by atoms with E-state index in [1.165, 1.54) is 0 Å². The number of nitrogens with one attached hydrogen (secondary N) is 2. The van der Waals surface area contributed by atoms with Crippen LogP contribution in [0, 0.1) is 0 Å². The monoisotopic (exact) mass is 314 g/mol. The standard InChI is InChI=1S/C13H19BrN2O2/c1-3-12(10-4-6-11(14)7-5-10)16-13(18)15-9(2)8-17/h4-7,9,12,17H,3,8H2,1-2H3,(H2,15,16,18). The van der Waals surface area contributed by atoms with Gasteiger partial charge in [-0.3, -0.25) is 0 Å². The number of rotatable bonds is 5. The second-order valence-electron chi connectivity index (χ2n) is 4.21. The van der Waals surface area contributed by atoms with E-state index in [0.29, 0.717) is 0 Å². The normalized spacial score (nSPS) is 13.8. The van der Waals surface area contributed by atoms with Crippen molar-refractivity contribution >= 4 is 22.0 Å². The molecule has 0 fully saturated rings. The third-order valence-electron chi connectivity index (χ3n) is 2.64. The summed E-state index contributed by atoms with van der Waals surface area (Å²) in [6.45, 7) is 3.70. The highest BCUT2D eigenvalue weighted by Crippen LogP contribution is 2.19. The fourth-order valence-electron chi connectivity index (χ4n) is 1.59. The maximum Gasteiger partial charge on any atom is 0.315 e. The van der Waals surface area contributed by atoms with Gasteiger partial charge in [-0.25, -0.2) is 4.79 Å². The maximum atomic E-state index is 11.7. The first-order chi connectivity index (χ1) is 8.56. The Balaban J connectivity index is 2.61. The van der Waals surface area contributed by atoms with Gasteiger partial charge in [0.25, 0.3) is 0 Å². The molecule has 0 aliphatic heterocycles. The summed E-state index contributed by atoms with van der Waals surface area (Å²) in [6.07, 6.45) is 0.808. The summed E-state index contributed by atoms with van der Waals surface area (Å²) in [5, 5.41) is 14.4. The molecule has 18 heavy (non-hydrogen) atoms. The zero-order valence-electron chi connectivity index (χ0n) is 10.6. The highest BCUT2D eigenvalue weighted by atomic mass is 79.9. The van der Waals surface area contributed by atoms with Gasteiger partial charge in [-0.1, -0.05) is 35.0 Å². The minimum absolute atomic E-state index is 0.0241. The van der Waals surface area contributed by atoms with E-state index in [1.807, 2.05) is 31.2 Å². The van der Waals surface area contributed by atoms with Crippen LogP contribution in [0.15, 0.2) is 28.7 Å². The van der Waals surface area contributed by atoms with Crippen molar-refractivity contribution in [3.05, 3.63) is 34.3 Å². The van der Waals surface area contributed by atoms with Gasteiger partial charge in [0.1, 0.15) is 0 Å². The van der Waals surface area contributed by atoms with Gasteiger partial charge in [0.15, 0.2) is 0 Å². The number of aliphatic hydroxyl groups excluding tert-OH is 1. The summed E-state index contributed by atoms with van der Waals surface area (Å²) in [4.78, 5) is 11.7. The molecule has 2 amide bonds. The van der Waals surface area contributed by atoms with Crippen LogP contribution < -0.4 is 10.6 Å². The van der Waals surface area contributed by atoms with Crippen LogP contribution in [0.25, 0.3) is 0 Å². The number of hydrogen-bond acceptors (Lipinski definition) is 2. The van der Waals surface area contributed by atoms with E-state index in [-0.39, 0.29) is 24.7 Å². The molecule has 0 heterocycles. The molecule has 0 aromatic heterocycles. The van der Waals surface area contributed by atoms with Crippen molar-refractivity contribution in [1.29, 1.82) is 0 Å². The number of carbonyl (C=O) groups is 1.